The highest BCUT2D eigenvalue weighted by Gasteiger charge is 2.43. The summed E-state index contributed by atoms with van der Waals surface area (Å²) in [4.78, 5) is 4.31. The van der Waals surface area contributed by atoms with Gasteiger partial charge in [-0.05, 0) is 18.3 Å². The molecule has 2 rings (SSSR count). The Kier molecular flexibility index (Phi) is 2.86. The van der Waals surface area contributed by atoms with Crippen LogP contribution in [-0.2, 0) is 4.89 Å². The van der Waals surface area contributed by atoms with E-state index in [0.29, 0.717) is 17.9 Å². The van der Waals surface area contributed by atoms with Crippen molar-refractivity contribution in [2.24, 2.45) is 11.3 Å². The number of hydrogen-bond donors (Lipinski definition) is 2. The van der Waals surface area contributed by atoms with Crippen molar-refractivity contribution in [2.45, 2.75) is 32.1 Å². The minimum Gasteiger partial charge on any atom is -0.316 e. The maximum absolute atomic E-state index is 8.51. The molecule has 0 aromatic rings. The van der Waals surface area contributed by atoms with Crippen LogP contribution < -0.4 is 5.32 Å². The summed E-state index contributed by atoms with van der Waals surface area (Å²) in [7, 11) is 0. The van der Waals surface area contributed by atoms with Crippen molar-refractivity contribution >= 4 is 0 Å². The summed E-state index contributed by atoms with van der Waals surface area (Å²) in [5, 5.41) is 11.9. The summed E-state index contributed by atoms with van der Waals surface area (Å²) in [6.07, 6.45) is 6.71. The molecule has 1 aliphatic heterocycles. The molecule has 2 N–H and O–H groups in total. The van der Waals surface area contributed by atoms with Crippen LogP contribution in [0.1, 0.15) is 32.1 Å². The van der Waals surface area contributed by atoms with Gasteiger partial charge in [0.15, 0.2) is 0 Å². The highest BCUT2D eigenvalue weighted by molar-refractivity contribution is 4.96. The zero-order chi connectivity index (χ0) is 9.15. The van der Waals surface area contributed by atoms with Gasteiger partial charge in [0.1, 0.15) is 0 Å². The molecule has 0 aromatic heterocycles. The summed E-state index contributed by atoms with van der Waals surface area (Å²) >= 11 is 0. The molecule has 0 amide bonds. The third kappa shape index (κ3) is 1.73. The molecule has 1 unspecified atom stereocenters. The summed E-state index contributed by atoms with van der Waals surface area (Å²) in [6, 6.07) is 0. The van der Waals surface area contributed by atoms with Crippen LogP contribution in [0.5, 0.6) is 0 Å². The lowest BCUT2D eigenvalue weighted by molar-refractivity contribution is -0.255. The van der Waals surface area contributed by atoms with Gasteiger partial charge in [-0.3, -0.25) is 5.26 Å². The third-order valence-electron chi connectivity index (χ3n) is 3.86. The van der Waals surface area contributed by atoms with E-state index in [4.69, 9.17) is 5.26 Å². The zero-order valence-corrected chi connectivity index (χ0v) is 8.09. The van der Waals surface area contributed by atoms with E-state index in [1.165, 1.54) is 32.1 Å². The molecule has 0 radical (unpaired) electrons. The fourth-order valence-electron chi connectivity index (χ4n) is 3.02. The van der Waals surface area contributed by atoms with E-state index in [1.807, 2.05) is 0 Å². The lowest BCUT2D eigenvalue weighted by Gasteiger charge is -2.37. The Morgan fingerprint density at radius 1 is 1.31 bits per heavy atom. The summed E-state index contributed by atoms with van der Waals surface area (Å²) < 4.78 is 0. The van der Waals surface area contributed by atoms with Gasteiger partial charge >= 0.3 is 0 Å². The van der Waals surface area contributed by atoms with Crippen LogP contribution in [0.4, 0.5) is 0 Å². The van der Waals surface area contributed by atoms with Crippen molar-refractivity contribution in [2.75, 3.05) is 19.7 Å². The van der Waals surface area contributed by atoms with Crippen LogP contribution >= 0.6 is 0 Å². The second-order valence-electron chi connectivity index (χ2n) is 4.55. The van der Waals surface area contributed by atoms with Gasteiger partial charge in [0, 0.05) is 19.0 Å². The molecular formula is C10H19NO2. The third-order valence-corrected chi connectivity index (χ3v) is 3.86. The summed E-state index contributed by atoms with van der Waals surface area (Å²) in [6.45, 7) is 2.65. The Morgan fingerprint density at radius 2 is 2.08 bits per heavy atom. The van der Waals surface area contributed by atoms with Crippen LogP contribution in [0.25, 0.3) is 0 Å². The maximum atomic E-state index is 8.51. The number of nitrogens with one attached hydrogen (secondary N) is 1. The van der Waals surface area contributed by atoms with Crippen LogP contribution in [0, 0.1) is 11.3 Å². The minimum absolute atomic E-state index is 0.445. The Morgan fingerprint density at radius 3 is 2.77 bits per heavy atom. The first-order valence-corrected chi connectivity index (χ1v) is 5.34. The number of rotatable bonds is 2. The molecule has 1 heterocycles. The molecule has 3 heteroatoms. The lowest BCUT2D eigenvalue weighted by atomic mass is 9.68. The fraction of sp³-hybridized carbons (Fsp3) is 1.00. The van der Waals surface area contributed by atoms with Crippen molar-refractivity contribution < 1.29 is 10.1 Å². The van der Waals surface area contributed by atoms with Gasteiger partial charge in [0.2, 0.25) is 0 Å². The van der Waals surface area contributed by atoms with Crippen molar-refractivity contribution in [1.29, 1.82) is 0 Å². The Hall–Kier alpha value is -0.120. The molecule has 1 saturated carbocycles. The van der Waals surface area contributed by atoms with E-state index in [9.17, 15) is 0 Å². The fourth-order valence-corrected chi connectivity index (χ4v) is 3.02. The number of hydrogen-bond acceptors (Lipinski definition) is 3. The van der Waals surface area contributed by atoms with Gasteiger partial charge in [-0.2, -0.15) is 0 Å². The smallest absolute Gasteiger partial charge is 0.0865 e. The first-order valence-electron chi connectivity index (χ1n) is 5.34. The highest BCUT2D eigenvalue weighted by Crippen LogP contribution is 2.44. The normalized spacial score (nSPS) is 32.5. The van der Waals surface area contributed by atoms with Crippen LogP contribution in [0.15, 0.2) is 0 Å². The molecule has 1 atom stereocenters. The first-order chi connectivity index (χ1) is 6.37. The molecule has 1 saturated heterocycles. The van der Waals surface area contributed by atoms with Gasteiger partial charge in [-0.25, -0.2) is 4.89 Å². The largest absolute Gasteiger partial charge is 0.316 e. The van der Waals surface area contributed by atoms with Gasteiger partial charge in [0.05, 0.1) is 6.61 Å². The second-order valence-corrected chi connectivity index (χ2v) is 4.55. The average molecular weight is 185 g/mol. The van der Waals surface area contributed by atoms with Gasteiger partial charge < -0.3 is 5.32 Å². The molecule has 1 aliphatic carbocycles. The Balaban J connectivity index is 2.00. The molecule has 13 heavy (non-hydrogen) atoms. The van der Waals surface area contributed by atoms with Crippen molar-refractivity contribution in [1.82, 2.24) is 5.32 Å². The SMILES string of the molecule is OOCC1CNCC12CCCCC2. The molecule has 0 bridgehead atoms. The first kappa shape index (κ1) is 9.44. The monoisotopic (exact) mass is 185 g/mol. The topological polar surface area (TPSA) is 41.5 Å². The van der Waals surface area contributed by atoms with Crippen molar-refractivity contribution in [3.05, 3.63) is 0 Å². The van der Waals surface area contributed by atoms with E-state index in [-0.39, 0.29) is 0 Å². The van der Waals surface area contributed by atoms with E-state index in [2.05, 4.69) is 10.2 Å². The quantitative estimate of drug-likeness (QED) is 0.507. The molecule has 3 nitrogen and oxygen atoms in total. The predicted octanol–water partition coefficient (Wildman–Crippen LogP) is 1.65. The molecule has 1 spiro atoms. The maximum Gasteiger partial charge on any atom is 0.0865 e. The lowest BCUT2D eigenvalue weighted by Crippen LogP contribution is -2.34. The molecule has 2 aliphatic rings. The zero-order valence-electron chi connectivity index (χ0n) is 8.09. The Labute approximate surface area is 79.4 Å². The van der Waals surface area contributed by atoms with E-state index >= 15 is 0 Å². The summed E-state index contributed by atoms with van der Waals surface area (Å²) in [5.41, 5.74) is 0.445. The van der Waals surface area contributed by atoms with Crippen LogP contribution in [0.3, 0.4) is 0 Å². The Bertz CT molecular complexity index is 166. The standard InChI is InChI=1S/C10H19NO2/c12-13-7-9-6-11-8-10(9)4-2-1-3-5-10/h9,11-12H,1-8H2. The molecular weight excluding hydrogens is 166 g/mol. The van der Waals surface area contributed by atoms with Crippen LogP contribution in [0.2, 0.25) is 0 Å². The molecule has 0 aromatic carbocycles. The molecule has 2 fully saturated rings. The average Bonchev–Trinajstić information content (AvgIpc) is 2.52. The van der Waals surface area contributed by atoms with E-state index in [1.54, 1.807) is 0 Å². The minimum atomic E-state index is 0.445. The predicted molar refractivity (Wildman–Crippen MR) is 50.5 cm³/mol. The summed E-state index contributed by atoms with van der Waals surface area (Å²) in [5.74, 6) is 0.526. The van der Waals surface area contributed by atoms with Crippen LogP contribution in [-0.4, -0.2) is 25.0 Å². The van der Waals surface area contributed by atoms with Gasteiger partial charge in [-0.15, -0.1) is 0 Å². The van der Waals surface area contributed by atoms with Crippen molar-refractivity contribution in [3.8, 4) is 0 Å². The highest BCUT2D eigenvalue weighted by atomic mass is 17.1. The van der Waals surface area contributed by atoms with E-state index < -0.39 is 0 Å². The second kappa shape index (κ2) is 3.95. The van der Waals surface area contributed by atoms with Crippen molar-refractivity contribution in [3.63, 3.8) is 0 Å². The molecule has 76 valence electrons. The van der Waals surface area contributed by atoms with Gasteiger partial charge in [0.25, 0.3) is 0 Å². The van der Waals surface area contributed by atoms with E-state index in [0.717, 1.165) is 13.1 Å². The van der Waals surface area contributed by atoms with Gasteiger partial charge in [-0.1, -0.05) is 19.3 Å².